The minimum Gasteiger partial charge on any atom is -0.449 e. The van der Waals surface area contributed by atoms with Gasteiger partial charge < -0.3 is 9.47 Å². The van der Waals surface area contributed by atoms with Crippen molar-refractivity contribution in [3.05, 3.63) is 169 Å². The Morgan fingerprint density at radius 3 is 1.84 bits per heavy atom. The summed E-state index contributed by atoms with van der Waals surface area (Å²) in [6.07, 6.45) is 0. The van der Waals surface area contributed by atoms with Crippen LogP contribution in [0.5, 0.6) is 23.0 Å². The molecule has 7 aromatic carbocycles. The molecular weight excluding hydrogens is 625 g/mol. The van der Waals surface area contributed by atoms with Crippen molar-refractivity contribution in [2.75, 3.05) is 0 Å². The Labute approximate surface area is 296 Å². The molecule has 0 radical (unpaired) electrons. The normalized spacial score (nSPS) is 13.4. The van der Waals surface area contributed by atoms with E-state index in [1.54, 1.807) is 0 Å². The van der Waals surface area contributed by atoms with Gasteiger partial charge in [0.1, 0.15) is 0 Å². The van der Waals surface area contributed by atoms with E-state index < -0.39 is 0 Å². The summed E-state index contributed by atoms with van der Waals surface area (Å²) in [6.45, 7) is 4.54. The molecule has 1 aromatic heterocycles. The van der Waals surface area contributed by atoms with Crippen molar-refractivity contribution in [1.82, 2.24) is 9.97 Å². The van der Waals surface area contributed by atoms with Crippen LogP contribution in [0.1, 0.15) is 25.0 Å². The lowest BCUT2D eigenvalue weighted by Crippen LogP contribution is -2.15. The smallest absolute Gasteiger partial charge is 0.178 e. The van der Waals surface area contributed by atoms with E-state index >= 15 is 0 Å². The summed E-state index contributed by atoms with van der Waals surface area (Å²) in [4.78, 5) is 10.4. The largest absolute Gasteiger partial charge is 0.449 e. The van der Waals surface area contributed by atoms with Crippen molar-refractivity contribution in [1.29, 1.82) is 0 Å². The lowest BCUT2D eigenvalue weighted by atomic mass is 9.82. The van der Waals surface area contributed by atoms with Crippen LogP contribution in [-0.4, -0.2) is 9.97 Å². The minimum atomic E-state index is -0.122. The highest BCUT2D eigenvalue weighted by Crippen LogP contribution is 2.58. The maximum Gasteiger partial charge on any atom is 0.178 e. The molecule has 0 bridgehead atoms. The standard InChI is InChI=1S/C47H32N2O2/c1-47(2)37-20-12-11-19-36(37)44-38(47)24-26-42-45(44)51-41-25-21-31(27-43(41)50-42)40-28-39(30-15-7-4-8-16-30)48-46(49-40)35-23-22-32(29-13-5-3-6-14-29)33-17-9-10-18-34(33)35/h3-28H,1-2H3. The molecule has 2 heterocycles. The Bertz CT molecular complexity index is 2660. The number of rotatable bonds is 4. The van der Waals surface area contributed by atoms with E-state index in [-0.39, 0.29) is 5.41 Å². The Balaban J connectivity index is 1.09. The van der Waals surface area contributed by atoms with E-state index in [2.05, 4.69) is 129 Å². The molecule has 0 N–H and O–H groups in total. The molecule has 0 spiro atoms. The quantitative estimate of drug-likeness (QED) is 0.189. The number of hydrogen-bond acceptors (Lipinski definition) is 4. The first-order valence-corrected chi connectivity index (χ1v) is 17.3. The molecule has 0 saturated carbocycles. The molecule has 4 heteroatoms. The third kappa shape index (κ3) is 4.68. The maximum absolute atomic E-state index is 6.69. The molecule has 0 atom stereocenters. The SMILES string of the molecule is CC1(C)c2ccccc2-c2c1ccc1c2Oc2ccc(-c3cc(-c4ccccc4)nc(-c4ccc(-c5ccccc5)c5ccccc45)n3)cc2O1. The number of hydrogen-bond donors (Lipinski definition) is 0. The highest BCUT2D eigenvalue weighted by molar-refractivity contribution is 6.04. The fourth-order valence-corrected chi connectivity index (χ4v) is 7.82. The van der Waals surface area contributed by atoms with Crippen LogP contribution in [0.4, 0.5) is 0 Å². The summed E-state index contributed by atoms with van der Waals surface area (Å²) in [6, 6.07) is 54.6. The molecule has 2 aliphatic rings. The van der Waals surface area contributed by atoms with Gasteiger partial charge in [0.05, 0.1) is 11.4 Å². The highest BCUT2D eigenvalue weighted by atomic mass is 16.6. The van der Waals surface area contributed by atoms with Gasteiger partial charge in [0.15, 0.2) is 28.8 Å². The zero-order chi connectivity index (χ0) is 34.1. The molecule has 8 aromatic rings. The number of aromatic nitrogens is 2. The van der Waals surface area contributed by atoms with Crippen LogP contribution in [0.25, 0.3) is 66.9 Å². The first-order chi connectivity index (χ1) is 25.0. The molecule has 0 unspecified atom stereocenters. The topological polar surface area (TPSA) is 44.2 Å². The maximum atomic E-state index is 6.69. The van der Waals surface area contributed by atoms with Gasteiger partial charge in [0.2, 0.25) is 0 Å². The van der Waals surface area contributed by atoms with E-state index in [1.807, 2.05) is 42.5 Å². The predicted octanol–water partition coefficient (Wildman–Crippen LogP) is 12.5. The van der Waals surface area contributed by atoms with Gasteiger partial charge in [0.25, 0.3) is 0 Å². The van der Waals surface area contributed by atoms with Gasteiger partial charge in [-0.3, -0.25) is 0 Å². The molecule has 0 amide bonds. The first-order valence-electron chi connectivity index (χ1n) is 17.3. The molecule has 0 fully saturated rings. The molecule has 1 aliphatic heterocycles. The molecule has 0 saturated heterocycles. The summed E-state index contributed by atoms with van der Waals surface area (Å²) < 4.78 is 13.3. The Hall–Kier alpha value is -6.52. The van der Waals surface area contributed by atoms with E-state index in [4.69, 9.17) is 19.4 Å². The van der Waals surface area contributed by atoms with Crippen LogP contribution in [0.15, 0.2) is 158 Å². The zero-order valence-corrected chi connectivity index (χ0v) is 28.2. The van der Waals surface area contributed by atoms with Crippen molar-refractivity contribution in [3.63, 3.8) is 0 Å². The molecule has 10 rings (SSSR count). The highest BCUT2D eigenvalue weighted by Gasteiger charge is 2.39. The van der Waals surface area contributed by atoms with Crippen molar-refractivity contribution < 1.29 is 9.47 Å². The number of fused-ring (bicyclic) bond motifs is 7. The van der Waals surface area contributed by atoms with Crippen LogP contribution in [-0.2, 0) is 5.41 Å². The second kappa shape index (κ2) is 11.3. The van der Waals surface area contributed by atoms with E-state index in [1.165, 1.54) is 27.8 Å². The van der Waals surface area contributed by atoms with Crippen molar-refractivity contribution >= 4 is 10.8 Å². The number of nitrogens with zero attached hydrogens (tertiary/aromatic N) is 2. The number of ether oxygens (including phenoxy) is 2. The molecule has 51 heavy (non-hydrogen) atoms. The average Bonchev–Trinajstić information content (AvgIpc) is 3.43. The fourth-order valence-electron chi connectivity index (χ4n) is 7.82. The van der Waals surface area contributed by atoms with Crippen LogP contribution >= 0.6 is 0 Å². The summed E-state index contributed by atoms with van der Waals surface area (Å²) in [5, 5.41) is 2.26. The third-order valence-electron chi connectivity index (χ3n) is 10.4. The van der Waals surface area contributed by atoms with E-state index in [0.717, 1.165) is 50.2 Å². The Morgan fingerprint density at radius 2 is 1.06 bits per heavy atom. The van der Waals surface area contributed by atoms with Crippen LogP contribution in [0, 0.1) is 0 Å². The van der Waals surface area contributed by atoms with E-state index in [0.29, 0.717) is 23.1 Å². The Kier molecular flexibility index (Phi) is 6.49. The van der Waals surface area contributed by atoms with Gasteiger partial charge in [-0.25, -0.2) is 9.97 Å². The third-order valence-corrected chi connectivity index (χ3v) is 10.4. The van der Waals surface area contributed by atoms with Gasteiger partial charge in [-0.1, -0.05) is 135 Å². The molecule has 1 aliphatic carbocycles. The monoisotopic (exact) mass is 656 g/mol. The summed E-state index contributed by atoms with van der Waals surface area (Å²) >= 11 is 0. The summed E-state index contributed by atoms with van der Waals surface area (Å²) in [7, 11) is 0. The van der Waals surface area contributed by atoms with Crippen molar-refractivity contribution in [3.8, 4) is 79.2 Å². The van der Waals surface area contributed by atoms with Gasteiger partial charge in [-0.05, 0) is 75.0 Å². The van der Waals surface area contributed by atoms with Gasteiger partial charge in [-0.15, -0.1) is 0 Å². The molecule has 242 valence electrons. The van der Waals surface area contributed by atoms with Crippen LogP contribution < -0.4 is 9.47 Å². The van der Waals surface area contributed by atoms with Crippen molar-refractivity contribution in [2.45, 2.75) is 19.3 Å². The lowest BCUT2D eigenvalue weighted by molar-refractivity contribution is 0.360. The number of benzene rings is 7. The molecular formula is C47H32N2O2. The zero-order valence-electron chi connectivity index (χ0n) is 28.2. The second-order valence-corrected chi connectivity index (χ2v) is 13.8. The van der Waals surface area contributed by atoms with Gasteiger partial charge in [-0.2, -0.15) is 0 Å². The summed E-state index contributed by atoms with van der Waals surface area (Å²) in [5.41, 5.74) is 11.7. The molecule has 4 nitrogen and oxygen atoms in total. The lowest BCUT2D eigenvalue weighted by Gasteiger charge is -2.25. The van der Waals surface area contributed by atoms with Gasteiger partial charge in [0, 0.05) is 27.7 Å². The Morgan fingerprint density at radius 1 is 0.431 bits per heavy atom. The summed E-state index contributed by atoms with van der Waals surface area (Å²) in [5.74, 6) is 3.49. The fraction of sp³-hybridized carbons (Fsp3) is 0.0638. The van der Waals surface area contributed by atoms with Gasteiger partial charge >= 0.3 is 0 Å². The minimum absolute atomic E-state index is 0.122. The van der Waals surface area contributed by atoms with Crippen molar-refractivity contribution in [2.24, 2.45) is 0 Å². The first kappa shape index (κ1) is 29.4. The predicted molar refractivity (Wildman–Crippen MR) is 205 cm³/mol. The second-order valence-electron chi connectivity index (χ2n) is 13.8. The van der Waals surface area contributed by atoms with Crippen LogP contribution in [0.2, 0.25) is 0 Å². The average molecular weight is 657 g/mol. The van der Waals surface area contributed by atoms with E-state index in [9.17, 15) is 0 Å². The van der Waals surface area contributed by atoms with Crippen LogP contribution in [0.3, 0.4) is 0 Å².